The molecule has 0 saturated heterocycles. The van der Waals surface area contributed by atoms with Gasteiger partial charge in [-0.05, 0) is 66.9 Å². The molecule has 0 aromatic heterocycles. The first kappa shape index (κ1) is 22.3. The number of rotatable bonds is 6. The van der Waals surface area contributed by atoms with Crippen molar-refractivity contribution in [1.29, 1.82) is 0 Å². The van der Waals surface area contributed by atoms with Gasteiger partial charge in [0, 0.05) is 10.9 Å². The lowest BCUT2D eigenvalue weighted by atomic mass is 10.1. The van der Waals surface area contributed by atoms with Gasteiger partial charge >= 0.3 is 6.18 Å². The van der Waals surface area contributed by atoms with Crippen LogP contribution in [0.4, 0.5) is 28.9 Å². The summed E-state index contributed by atoms with van der Waals surface area (Å²) in [6, 6.07) is 19.3. The van der Waals surface area contributed by atoms with E-state index < -0.39 is 11.7 Å². The minimum atomic E-state index is -4.40. The number of benzene rings is 3. The summed E-state index contributed by atoms with van der Waals surface area (Å²) in [6.07, 6.45) is -2.17. The second kappa shape index (κ2) is 9.32. The number of hydrazone groups is 1. The van der Waals surface area contributed by atoms with E-state index in [9.17, 15) is 17.6 Å². The average molecular weight is 506 g/mol. The highest BCUT2D eigenvalue weighted by Crippen LogP contribution is 2.32. The Labute approximate surface area is 192 Å². The summed E-state index contributed by atoms with van der Waals surface area (Å²) in [5.41, 5.74) is 1.38. The SMILES string of the molecule is Fc1ccccc1N1CN(c2ccc(C(F)(F)F)cc2)N=C1CCCc1ccc(Br)cc1. The number of halogens is 5. The zero-order valence-corrected chi connectivity index (χ0v) is 18.6. The Kier molecular flexibility index (Phi) is 6.50. The number of nitrogens with zero attached hydrogens (tertiary/aromatic N) is 3. The van der Waals surface area contributed by atoms with Crippen molar-refractivity contribution in [2.45, 2.75) is 25.4 Å². The largest absolute Gasteiger partial charge is 0.416 e. The van der Waals surface area contributed by atoms with Crippen molar-refractivity contribution in [1.82, 2.24) is 0 Å². The fourth-order valence-corrected chi connectivity index (χ4v) is 3.84. The summed E-state index contributed by atoms with van der Waals surface area (Å²) in [6.45, 7) is 0.222. The van der Waals surface area contributed by atoms with Crippen molar-refractivity contribution in [2.75, 3.05) is 16.6 Å². The van der Waals surface area contributed by atoms with Gasteiger partial charge in [0.15, 0.2) is 0 Å². The summed E-state index contributed by atoms with van der Waals surface area (Å²) in [5, 5.41) is 6.21. The fourth-order valence-electron chi connectivity index (χ4n) is 3.57. The molecule has 8 heteroatoms. The molecule has 1 aliphatic rings. The van der Waals surface area contributed by atoms with E-state index >= 15 is 0 Å². The van der Waals surface area contributed by atoms with E-state index in [2.05, 4.69) is 21.0 Å². The first-order valence-electron chi connectivity index (χ1n) is 10.1. The van der Waals surface area contributed by atoms with E-state index in [0.717, 1.165) is 29.4 Å². The van der Waals surface area contributed by atoms with E-state index in [1.165, 1.54) is 23.8 Å². The summed E-state index contributed by atoms with van der Waals surface area (Å²) < 4.78 is 54.2. The molecule has 3 nitrogen and oxygen atoms in total. The van der Waals surface area contributed by atoms with Gasteiger partial charge in [-0.3, -0.25) is 0 Å². The molecule has 32 heavy (non-hydrogen) atoms. The van der Waals surface area contributed by atoms with Crippen molar-refractivity contribution >= 4 is 33.1 Å². The maximum absolute atomic E-state index is 14.5. The lowest BCUT2D eigenvalue weighted by molar-refractivity contribution is -0.137. The quantitative estimate of drug-likeness (QED) is 0.329. The third-order valence-electron chi connectivity index (χ3n) is 5.24. The zero-order chi connectivity index (χ0) is 22.7. The highest BCUT2D eigenvalue weighted by molar-refractivity contribution is 9.10. The van der Waals surface area contributed by atoms with E-state index in [0.29, 0.717) is 23.6 Å². The lowest BCUT2D eigenvalue weighted by Crippen LogP contribution is -2.31. The fraction of sp³-hybridized carbons (Fsp3) is 0.208. The first-order chi connectivity index (χ1) is 15.3. The molecule has 166 valence electrons. The van der Waals surface area contributed by atoms with Gasteiger partial charge in [0.2, 0.25) is 0 Å². The smallest absolute Gasteiger partial charge is 0.305 e. The van der Waals surface area contributed by atoms with E-state index in [4.69, 9.17) is 0 Å². The number of alkyl halides is 3. The molecular formula is C24H20BrF4N3. The molecule has 1 aliphatic heterocycles. The van der Waals surface area contributed by atoms with E-state index in [1.807, 2.05) is 24.3 Å². The van der Waals surface area contributed by atoms with Crippen LogP contribution in [0.2, 0.25) is 0 Å². The van der Waals surface area contributed by atoms with Crippen LogP contribution in [0.15, 0.2) is 82.4 Å². The Morgan fingerprint density at radius 1 is 0.875 bits per heavy atom. The van der Waals surface area contributed by atoms with E-state index in [-0.39, 0.29) is 12.5 Å². The lowest BCUT2D eigenvalue weighted by Gasteiger charge is -2.22. The van der Waals surface area contributed by atoms with Crippen molar-refractivity contribution in [2.24, 2.45) is 5.10 Å². The minimum Gasteiger partial charge on any atom is -0.305 e. The van der Waals surface area contributed by atoms with E-state index in [1.54, 1.807) is 28.1 Å². The maximum atomic E-state index is 14.5. The summed E-state index contributed by atoms with van der Waals surface area (Å²) in [5.74, 6) is 0.300. The molecule has 0 aliphatic carbocycles. The normalized spacial score (nSPS) is 14.1. The number of anilines is 2. The molecule has 0 radical (unpaired) electrons. The van der Waals surface area contributed by atoms with Crippen LogP contribution in [-0.4, -0.2) is 12.5 Å². The predicted octanol–water partition coefficient (Wildman–Crippen LogP) is 7.23. The molecule has 0 unspecified atom stereocenters. The molecule has 0 fully saturated rings. The van der Waals surface area contributed by atoms with Crippen molar-refractivity contribution in [3.05, 3.63) is 94.2 Å². The number of amidine groups is 1. The number of aryl methyl sites for hydroxylation is 1. The van der Waals surface area contributed by atoms with Crippen molar-refractivity contribution in [3.63, 3.8) is 0 Å². The zero-order valence-electron chi connectivity index (χ0n) is 17.0. The summed E-state index contributed by atoms with van der Waals surface area (Å²) in [4.78, 5) is 1.77. The number of hydrogen-bond donors (Lipinski definition) is 0. The molecule has 0 N–H and O–H groups in total. The standard InChI is InChI=1S/C24H20BrF4N3/c25-19-12-8-17(9-13-19)4-3-7-23-30-32(16-31(23)22-6-2-1-5-21(22)26)20-14-10-18(11-15-20)24(27,28)29/h1-2,5-6,8-15H,3-4,7,16H2. The maximum Gasteiger partial charge on any atom is 0.416 e. The highest BCUT2D eigenvalue weighted by atomic mass is 79.9. The molecule has 0 spiro atoms. The Morgan fingerprint density at radius 2 is 1.56 bits per heavy atom. The van der Waals surface area contributed by atoms with Gasteiger partial charge in [-0.25, -0.2) is 9.40 Å². The van der Waals surface area contributed by atoms with Crippen LogP contribution in [0.1, 0.15) is 24.0 Å². The second-order valence-corrected chi connectivity index (χ2v) is 8.38. The molecule has 3 aromatic carbocycles. The van der Waals surface area contributed by atoms with Gasteiger partial charge in [0.25, 0.3) is 0 Å². The Hall–Kier alpha value is -2.87. The van der Waals surface area contributed by atoms with Gasteiger partial charge in [0.1, 0.15) is 18.3 Å². The van der Waals surface area contributed by atoms with Crippen LogP contribution < -0.4 is 9.91 Å². The number of hydrogen-bond acceptors (Lipinski definition) is 3. The summed E-state index contributed by atoms with van der Waals surface area (Å²) >= 11 is 3.42. The molecule has 1 heterocycles. The van der Waals surface area contributed by atoms with Gasteiger partial charge in [0.05, 0.1) is 16.9 Å². The third-order valence-corrected chi connectivity index (χ3v) is 5.77. The second-order valence-electron chi connectivity index (χ2n) is 7.46. The minimum absolute atomic E-state index is 0.222. The Balaban J connectivity index is 1.54. The molecule has 4 rings (SSSR count). The van der Waals surface area contributed by atoms with Crippen LogP contribution in [0.25, 0.3) is 0 Å². The summed E-state index contributed by atoms with van der Waals surface area (Å²) in [7, 11) is 0. The van der Waals surface area contributed by atoms with Crippen LogP contribution in [0.3, 0.4) is 0 Å². The van der Waals surface area contributed by atoms with Crippen molar-refractivity contribution in [3.8, 4) is 0 Å². The van der Waals surface area contributed by atoms with Crippen LogP contribution in [-0.2, 0) is 12.6 Å². The molecule has 0 saturated carbocycles. The average Bonchev–Trinajstić information content (AvgIpc) is 3.19. The molecular weight excluding hydrogens is 486 g/mol. The third kappa shape index (κ3) is 5.12. The molecule has 3 aromatic rings. The van der Waals surface area contributed by atoms with Crippen LogP contribution >= 0.6 is 15.9 Å². The van der Waals surface area contributed by atoms with Crippen LogP contribution in [0.5, 0.6) is 0 Å². The highest BCUT2D eigenvalue weighted by Gasteiger charge is 2.31. The van der Waals surface area contributed by atoms with Gasteiger partial charge in [-0.1, -0.05) is 40.2 Å². The first-order valence-corrected chi connectivity index (χ1v) is 10.9. The Bertz CT molecular complexity index is 1100. The number of para-hydroxylation sites is 1. The van der Waals surface area contributed by atoms with Gasteiger partial charge in [-0.2, -0.15) is 18.3 Å². The van der Waals surface area contributed by atoms with Gasteiger partial charge < -0.3 is 4.90 Å². The molecule has 0 atom stereocenters. The Morgan fingerprint density at radius 3 is 2.22 bits per heavy atom. The monoisotopic (exact) mass is 505 g/mol. The predicted molar refractivity (Wildman–Crippen MR) is 122 cm³/mol. The van der Waals surface area contributed by atoms with Crippen molar-refractivity contribution < 1.29 is 17.6 Å². The van der Waals surface area contributed by atoms with Gasteiger partial charge in [-0.15, -0.1) is 0 Å². The molecule has 0 amide bonds. The topological polar surface area (TPSA) is 18.8 Å². The van der Waals surface area contributed by atoms with Crippen LogP contribution in [0, 0.1) is 5.82 Å². The molecule has 0 bridgehead atoms.